The zero-order valence-electron chi connectivity index (χ0n) is 14.4. The third-order valence-corrected chi connectivity index (χ3v) is 3.24. The summed E-state index contributed by atoms with van der Waals surface area (Å²) in [6.07, 6.45) is 0.978. The first-order valence-corrected chi connectivity index (χ1v) is 7.91. The zero-order valence-corrected chi connectivity index (χ0v) is 14.4. The monoisotopic (exact) mass is 306 g/mol. The van der Waals surface area contributed by atoms with Gasteiger partial charge in [-0.1, -0.05) is 24.3 Å². The largest absolute Gasteiger partial charge is 0.382 e. The Morgan fingerprint density at radius 3 is 2.55 bits per heavy atom. The lowest BCUT2D eigenvalue weighted by Gasteiger charge is -2.16. The lowest BCUT2D eigenvalue weighted by atomic mass is 10.1. The predicted octanol–water partition coefficient (Wildman–Crippen LogP) is 1.84. The Kier molecular flexibility index (Phi) is 9.26. The van der Waals surface area contributed by atoms with Gasteiger partial charge in [-0.25, -0.2) is 0 Å². The standard InChI is InChI=1S/C17H30N4O/c1-5-22-12-8-11-19-17(18-2)20-13-15-9-6-7-10-16(15)14-21(3)4/h6-7,9-10H,5,8,11-14H2,1-4H3,(H2,18,19,20). The van der Waals surface area contributed by atoms with Crippen LogP contribution in [-0.4, -0.2) is 51.8 Å². The van der Waals surface area contributed by atoms with Crippen LogP contribution in [0.1, 0.15) is 24.5 Å². The molecule has 0 radical (unpaired) electrons. The average molecular weight is 306 g/mol. The topological polar surface area (TPSA) is 48.9 Å². The second-order valence-electron chi connectivity index (χ2n) is 5.41. The molecule has 1 rings (SSSR count). The number of aliphatic imine (C=N–C) groups is 1. The smallest absolute Gasteiger partial charge is 0.191 e. The summed E-state index contributed by atoms with van der Waals surface area (Å²) in [7, 11) is 5.97. The fourth-order valence-corrected chi connectivity index (χ4v) is 2.15. The molecule has 5 nitrogen and oxygen atoms in total. The van der Waals surface area contributed by atoms with Crippen molar-refractivity contribution in [1.29, 1.82) is 0 Å². The molecule has 0 saturated heterocycles. The second-order valence-corrected chi connectivity index (χ2v) is 5.41. The van der Waals surface area contributed by atoms with E-state index in [1.165, 1.54) is 11.1 Å². The lowest BCUT2D eigenvalue weighted by molar-refractivity contribution is 0.145. The lowest BCUT2D eigenvalue weighted by Crippen LogP contribution is -2.37. The molecule has 0 aliphatic carbocycles. The Bertz CT molecular complexity index is 446. The highest BCUT2D eigenvalue weighted by atomic mass is 16.5. The van der Waals surface area contributed by atoms with Crippen LogP contribution >= 0.6 is 0 Å². The molecule has 0 aliphatic rings. The minimum absolute atomic E-state index is 0.773. The molecule has 5 heteroatoms. The Hall–Kier alpha value is -1.59. The molecular weight excluding hydrogens is 276 g/mol. The quantitative estimate of drug-likeness (QED) is 0.415. The third kappa shape index (κ3) is 7.43. The van der Waals surface area contributed by atoms with E-state index in [4.69, 9.17) is 4.74 Å². The Morgan fingerprint density at radius 1 is 1.18 bits per heavy atom. The van der Waals surface area contributed by atoms with E-state index < -0.39 is 0 Å². The highest BCUT2D eigenvalue weighted by Crippen LogP contribution is 2.10. The van der Waals surface area contributed by atoms with Gasteiger partial charge in [0.1, 0.15) is 0 Å². The van der Waals surface area contributed by atoms with Gasteiger partial charge in [0.15, 0.2) is 5.96 Å². The molecule has 22 heavy (non-hydrogen) atoms. The van der Waals surface area contributed by atoms with Crippen molar-refractivity contribution in [2.24, 2.45) is 4.99 Å². The van der Waals surface area contributed by atoms with Crippen molar-refractivity contribution >= 4 is 5.96 Å². The van der Waals surface area contributed by atoms with Crippen molar-refractivity contribution < 1.29 is 4.74 Å². The van der Waals surface area contributed by atoms with E-state index in [-0.39, 0.29) is 0 Å². The maximum atomic E-state index is 5.33. The van der Waals surface area contributed by atoms with E-state index in [9.17, 15) is 0 Å². The summed E-state index contributed by atoms with van der Waals surface area (Å²) in [5, 5.41) is 6.68. The first-order chi connectivity index (χ1) is 10.7. The van der Waals surface area contributed by atoms with Gasteiger partial charge in [-0.05, 0) is 38.6 Å². The highest BCUT2D eigenvalue weighted by Gasteiger charge is 2.04. The zero-order chi connectivity index (χ0) is 16.2. The van der Waals surface area contributed by atoms with Crippen LogP contribution in [0.25, 0.3) is 0 Å². The number of benzene rings is 1. The molecule has 124 valence electrons. The third-order valence-electron chi connectivity index (χ3n) is 3.24. The molecule has 0 aromatic heterocycles. The summed E-state index contributed by atoms with van der Waals surface area (Å²) >= 11 is 0. The van der Waals surface area contributed by atoms with Crippen LogP contribution in [0.3, 0.4) is 0 Å². The summed E-state index contributed by atoms with van der Waals surface area (Å²) in [6, 6.07) is 8.50. The van der Waals surface area contributed by atoms with Crippen LogP contribution in [0.2, 0.25) is 0 Å². The van der Waals surface area contributed by atoms with E-state index >= 15 is 0 Å². The number of guanidine groups is 1. The van der Waals surface area contributed by atoms with E-state index in [1.807, 2.05) is 6.92 Å². The van der Waals surface area contributed by atoms with Crippen molar-refractivity contribution in [3.8, 4) is 0 Å². The molecule has 0 amide bonds. The molecule has 1 aromatic carbocycles. The van der Waals surface area contributed by atoms with Crippen molar-refractivity contribution in [1.82, 2.24) is 15.5 Å². The molecule has 1 aromatic rings. The van der Waals surface area contributed by atoms with Gasteiger partial charge in [-0.15, -0.1) is 0 Å². The predicted molar refractivity (Wildman–Crippen MR) is 93.1 cm³/mol. The van der Waals surface area contributed by atoms with Crippen LogP contribution in [-0.2, 0) is 17.8 Å². The van der Waals surface area contributed by atoms with Gasteiger partial charge in [0, 0.05) is 39.9 Å². The van der Waals surface area contributed by atoms with Crippen LogP contribution in [0.4, 0.5) is 0 Å². The molecule has 0 fully saturated rings. The minimum Gasteiger partial charge on any atom is -0.382 e. The summed E-state index contributed by atoms with van der Waals surface area (Å²) in [6.45, 7) is 6.15. The summed E-state index contributed by atoms with van der Waals surface area (Å²) in [5.74, 6) is 0.830. The normalized spacial score (nSPS) is 11.8. The second kappa shape index (κ2) is 11.0. The molecule has 0 bridgehead atoms. The van der Waals surface area contributed by atoms with Crippen molar-refractivity contribution in [3.63, 3.8) is 0 Å². The maximum Gasteiger partial charge on any atom is 0.191 e. The number of ether oxygens (including phenoxy) is 1. The Morgan fingerprint density at radius 2 is 1.91 bits per heavy atom. The number of rotatable bonds is 9. The molecule has 2 N–H and O–H groups in total. The number of hydrogen-bond acceptors (Lipinski definition) is 3. The summed E-state index contributed by atoms with van der Waals surface area (Å²) < 4.78 is 5.33. The fraction of sp³-hybridized carbons (Fsp3) is 0.588. The van der Waals surface area contributed by atoms with Gasteiger partial charge in [-0.2, -0.15) is 0 Å². The average Bonchev–Trinajstić information content (AvgIpc) is 2.51. The SMILES string of the molecule is CCOCCCNC(=NC)NCc1ccccc1CN(C)C. The molecule has 0 aliphatic heterocycles. The molecule has 0 spiro atoms. The van der Waals surface area contributed by atoms with Crippen molar-refractivity contribution in [2.75, 3.05) is 40.9 Å². The van der Waals surface area contributed by atoms with Gasteiger partial charge in [0.25, 0.3) is 0 Å². The summed E-state index contributed by atoms with van der Waals surface area (Å²) in [4.78, 5) is 6.43. The van der Waals surface area contributed by atoms with Crippen LogP contribution in [0.5, 0.6) is 0 Å². The van der Waals surface area contributed by atoms with E-state index in [0.29, 0.717) is 0 Å². The Balaban J connectivity index is 2.43. The van der Waals surface area contributed by atoms with E-state index in [1.54, 1.807) is 7.05 Å². The minimum atomic E-state index is 0.773. The summed E-state index contributed by atoms with van der Waals surface area (Å²) in [5.41, 5.74) is 2.64. The van der Waals surface area contributed by atoms with Crippen LogP contribution in [0.15, 0.2) is 29.3 Å². The molecule has 0 unspecified atom stereocenters. The first-order valence-electron chi connectivity index (χ1n) is 7.91. The van der Waals surface area contributed by atoms with Crippen LogP contribution < -0.4 is 10.6 Å². The van der Waals surface area contributed by atoms with Crippen LogP contribution in [0, 0.1) is 0 Å². The number of nitrogens with one attached hydrogen (secondary N) is 2. The van der Waals surface area contributed by atoms with Crippen molar-refractivity contribution in [2.45, 2.75) is 26.4 Å². The van der Waals surface area contributed by atoms with Gasteiger partial charge in [0.05, 0.1) is 0 Å². The first kappa shape index (κ1) is 18.5. The number of nitrogens with zero attached hydrogens (tertiary/aromatic N) is 2. The molecule has 0 saturated carbocycles. The van der Waals surface area contributed by atoms with Gasteiger partial charge >= 0.3 is 0 Å². The molecule has 0 heterocycles. The van der Waals surface area contributed by atoms with E-state index in [2.05, 4.69) is 58.9 Å². The highest BCUT2D eigenvalue weighted by molar-refractivity contribution is 5.79. The van der Waals surface area contributed by atoms with E-state index in [0.717, 1.165) is 45.2 Å². The molecular formula is C17H30N4O. The van der Waals surface area contributed by atoms with Gasteiger partial charge < -0.3 is 20.3 Å². The van der Waals surface area contributed by atoms with Gasteiger partial charge in [-0.3, -0.25) is 4.99 Å². The van der Waals surface area contributed by atoms with Crippen molar-refractivity contribution in [3.05, 3.63) is 35.4 Å². The fourth-order valence-electron chi connectivity index (χ4n) is 2.15. The maximum absolute atomic E-state index is 5.33. The Labute approximate surface area is 134 Å². The van der Waals surface area contributed by atoms with Gasteiger partial charge in [0.2, 0.25) is 0 Å². The molecule has 0 atom stereocenters. The number of hydrogen-bond donors (Lipinski definition) is 2.